The van der Waals surface area contributed by atoms with E-state index in [0.29, 0.717) is 0 Å². The molecular formula is C38H37F3N4O2Pd. The molecule has 0 spiro atoms. The Morgan fingerprint density at radius 2 is 1.25 bits per heavy atom. The molecule has 0 radical (unpaired) electrons. The van der Waals surface area contributed by atoms with E-state index >= 15 is 0 Å². The SMILES string of the molecule is CCC1=C(C)C2=NC1=CC1=NC(=CC3=NC(=CC4=CN(c5ccccc5)C(=C2)[CH-]4)C(C)=C3CC)C(CC)=C1CC.O=C([O-])C(F)(F)F.[Pd+2]. The largest absolute Gasteiger partial charge is 2.00 e. The topological polar surface area (TPSA) is 80.5 Å². The molecule has 0 aliphatic carbocycles. The molecule has 5 heterocycles. The summed E-state index contributed by atoms with van der Waals surface area (Å²) in [6, 6.07) is 10.5. The Hall–Kier alpha value is -4.26. The van der Waals surface area contributed by atoms with Gasteiger partial charge in [-0.2, -0.15) is 13.2 Å². The van der Waals surface area contributed by atoms with Crippen LogP contribution in [0.1, 0.15) is 67.2 Å². The maximum atomic E-state index is 10.5. The fourth-order valence-corrected chi connectivity index (χ4v) is 6.33. The smallest absolute Gasteiger partial charge is 0.542 e. The van der Waals surface area contributed by atoms with Crippen molar-refractivity contribution in [2.45, 2.75) is 73.4 Å². The van der Waals surface area contributed by atoms with Gasteiger partial charge in [0.15, 0.2) is 0 Å². The fraction of sp³-hybridized carbons (Fsp3) is 0.289. The van der Waals surface area contributed by atoms with Crippen molar-refractivity contribution in [3.63, 3.8) is 0 Å². The molecule has 0 aromatic heterocycles. The Morgan fingerprint density at radius 3 is 1.81 bits per heavy atom. The zero-order chi connectivity index (χ0) is 34.0. The second-order valence-electron chi connectivity index (χ2n) is 11.5. The third-order valence-electron chi connectivity index (χ3n) is 8.68. The van der Waals surface area contributed by atoms with Crippen molar-refractivity contribution in [2.24, 2.45) is 15.0 Å². The van der Waals surface area contributed by atoms with Crippen LogP contribution >= 0.6 is 0 Å². The van der Waals surface area contributed by atoms with Crippen LogP contribution in [0.2, 0.25) is 0 Å². The first kappa shape index (κ1) is 36.6. The standard InChI is InChI=1S/C36H37N4.C2HF3O2.Pd/c1-7-27-22(5)31-17-24-16-26(40(21-24)25-14-12-11-13-15-25)18-32-23(6)28(8-2)34(38-32)20-36-30(10-4)29(9-3)35(39-36)19-33(27)37-31;3-2(4,5)1(6)7;/h11-21H,7-10H2,1-6H3;(H,6,7);/q-1;;+2/p-1. The van der Waals surface area contributed by atoms with Crippen LogP contribution in [0.3, 0.4) is 0 Å². The molecule has 5 aliphatic rings. The number of allylic oxidation sites excluding steroid dienone is 11. The third-order valence-corrected chi connectivity index (χ3v) is 8.68. The second-order valence-corrected chi connectivity index (χ2v) is 11.5. The molecule has 252 valence electrons. The van der Waals surface area contributed by atoms with Crippen molar-refractivity contribution >= 4 is 28.8 Å². The molecule has 0 saturated carbocycles. The van der Waals surface area contributed by atoms with Gasteiger partial charge >= 0.3 is 26.6 Å². The number of hydrogen-bond acceptors (Lipinski definition) is 6. The van der Waals surface area contributed by atoms with Gasteiger partial charge in [0.05, 0.1) is 22.8 Å². The van der Waals surface area contributed by atoms with Crippen LogP contribution in [0.4, 0.5) is 18.9 Å². The number of carboxylic acid groups (broad SMARTS) is 1. The summed E-state index contributed by atoms with van der Waals surface area (Å²) >= 11 is 0. The number of rotatable bonds is 5. The number of alkyl halides is 3. The van der Waals surface area contributed by atoms with E-state index < -0.39 is 12.1 Å². The monoisotopic (exact) mass is 744 g/mol. The molecule has 10 heteroatoms. The minimum Gasteiger partial charge on any atom is -0.542 e. The summed E-state index contributed by atoms with van der Waals surface area (Å²) in [4.78, 5) is 26.6. The molecule has 5 aliphatic heterocycles. The average molecular weight is 745 g/mol. The van der Waals surface area contributed by atoms with Gasteiger partial charge in [0.25, 0.3) is 0 Å². The molecular weight excluding hydrogens is 708 g/mol. The van der Waals surface area contributed by atoms with Crippen LogP contribution in [0.25, 0.3) is 0 Å². The first-order valence-corrected chi connectivity index (χ1v) is 15.9. The number of benzene rings is 1. The average Bonchev–Trinajstić information content (AvgIpc) is 3.75. The molecule has 0 saturated heterocycles. The second kappa shape index (κ2) is 14.9. The Kier molecular flexibility index (Phi) is 11.3. The van der Waals surface area contributed by atoms with Crippen LogP contribution in [0, 0.1) is 6.42 Å². The van der Waals surface area contributed by atoms with Gasteiger partial charge in [-0.15, -0.1) is 18.1 Å². The molecule has 8 bridgehead atoms. The summed E-state index contributed by atoms with van der Waals surface area (Å²) < 4.78 is 31.5. The first-order chi connectivity index (χ1) is 22.4. The van der Waals surface area contributed by atoms with Gasteiger partial charge < -0.3 is 14.8 Å². The Morgan fingerprint density at radius 1 is 0.729 bits per heavy atom. The summed E-state index contributed by atoms with van der Waals surface area (Å²) in [5.41, 5.74) is 17.3. The first-order valence-electron chi connectivity index (χ1n) is 15.9. The zero-order valence-corrected chi connectivity index (χ0v) is 29.3. The van der Waals surface area contributed by atoms with Crippen molar-refractivity contribution in [3.8, 4) is 0 Å². The van der Waals surface area contributed by atoms with E-state index in [0.717, 1.165) is 76.9 Å². The maximum Gasteiger partial charge on any atom is 2.00 e. The van der Waals surface area contributed by atoms with E-state index in [4.69, 9.17) is 24.9 Å². The summed E-state index contributed by atoms with van der Waals surface area (Å²) in [5.74, 6) is -3.01. The number of carbonyl (C=O) groups excluding carboxylic acids is 1. The number of aliphatic carboxylic acids is 1. The van der Waals surface area contributed by atoms with E-state index in [2.05, 4.69) is 114 Å². The predicted molar refractivity (Wildman–Crippen MR) is 181 cm³/mol. The molecule has 0 atom stereocenters. The number of hydrogen-bond donors (Lipinski definition) is 0. The van der Waals surface area contributed by atoms with E-state index in [-0.39, 0.29) is 20.4 Å². The van der Waals surface area contributed by atoms with Crippen molar-refractivity contribution in [1.82, 2.24) is 0 Å². The third kappa shape index (κ3) is 7.25. The molecule has 0 unspecified atom stereocenters. The molecule has 1 aromatic carbocycles. The number of carboxylic acids is 1. The molecule has 0 N–H and O–H groups in total. The van der Waals surface area contributed by atoms with Crippen LogP contribution < -0.4 is 10.0 Å². The fourth-order valence-electron chi connectivity index (χ4n) is 6.33. The zero-order valence-electron chi connectivity index (χ0n) is 27.7. The number of para-hydroxylation sites is 1. The van der Waals surface area contributed by atoms with Crippen LogP contribution in [-0.4, -0.2) is 29.3 Å². The number of fused-ring (bicyclic) bond motifs is 5. The normalized spacial score (nSPS) is 18.5. The molecule has 0 fully saturated rings. The van der Waals surface area contributed by atoms with E-state index in [9.17, 15) is 13.2 Å². The quantitative estimate of drug-likeness (QED) is 0.225. The minimum absolute atomic E-state index is 0. The van der Waals surface area contributed by atoms with E-state index in [1.54, 1.807) is 0 Å². The Labute approximate surface area is 293 Å². The predicted octanol–water partition coefficient (Wildman–Crippen LogP) is 8.37. The number of carbonyl (C=O) groups is 1. The Balaban J connectivity index is 0.000000589. The van der Waals surface area contributed by atoms with Gasteiger partial charge in [-0.1, -0.05) is 58.2 Å². The summed E-state index contributed by atoms with van der Waals surface area (Å²) in [5, 5.41) is 8.78. The van der Waals surface area contributed by atoms with Crippen molar-refractivity contribution in [2.75, 3.05) is 4.90 Å². The van der Waals surface area contributed by atoms with Gasteiger partial charge in [0.2, 0.25) is 0 Å². The van der Waals surface area contributed by atoms with Gasteiger partial charge in [0.1, 0.15) is 5.97 Å². The summed E-state index contributed by atoms with van der Waals surface area (Å²) in [7, 11) is 0. The Bertz CT molecular complexity index is 1860. The summed E-state index contributed by atoms with van der Waals surface area (Å²) in [6.07, 6.45) is 11.9. The molecule has 48 heavy (non-hydrogen) atoms. The number of anilines is 1. The van der Waals surface area contributed by atoms with Gasteiger partial charge in [-0.05, 0) is 103 Å². The van der Waals surface area contributed by atoms with Gasteiger partial charge in [-0.25, -0.2) is 4.99 Å². The molecule has 6 nitrogen and oxygen atoms in total. The number of nitrogens with zero attached hydrogens (tertiary/aromatic N) is 4. The van der Waals surface area contributed by atoms with Gasteiger partial charge in [-0.3, -0.25) is 9.98 Å². The van der Waals surface area contributed by atoms with Crippen LogP contribution in [0.5, 0.6) is 0 Å². The number of aliphatic imine (C=N–C) groups is 3. The van der Waals surface area contributed by atoms with Crippen LogP contribution in [-0.2, 0) is 25.2 Å². The van der Waals surface area contributed by atoms with Crippen LogP contribution in [0.15, 0.2) is 138 Å². The van der Waals surface area contributed by atoms with E-state index in [1.165, 1.54) is 33.4 Å². The van der Waals surface area contributed by atoms with Crippen molar-refractivity contribution < 1.29 is 43.5 Å². The number of halogens is 3. The van der Waals surface area contributed by atoms with Gasteiger partial charge in [0, 0.05) is 17.1 Å². The summed E-state index contributed by atoms with van der Waals surface area (Å²) in [6.45, 7) is 13.3. The maximum absolute atomic E-state index is 10.5. The van der Waals surface area contributed by atoms with E-state index in [1.807, 2.05) is 0 Å². The molecule has 6 rings (SSSR count). The van der Waals surface area contributed by atoms with Crippen molar-refractivity contribution in [1.29, 1.82) is 0 Å². The van der Waals surface area contributed by atoms with Crippen molar-refractivity contribution in [3.05, 3.63) is 129 Å². The molecule has 0 amide bonds. The molecule has 1 aromatic rings. The minimum atomic E-state index is -5.19.